The Morgan fingerprint density at radius 3 is 2.43 bits per heavy atom. The van der Waals surface area contributed by atoms with E-state index >= 15 is 0 Å². The zero-order valence-electron chi connectivity index (χ0n) is 20.2. The molecule has 2 aromatic carbocycles. The maximum Gasteiger partial charge on any atom is 0.240 e. The molecule has 9 heteroatoms. The third-order valence-electron chi connectivity index (χ3n) is 6.87. The Balaban J connectivity index is 1.16. The van der Waals surface area contributed by atoms with Gasteiger partial charge < -0.3 is 9.64 Å². The van der Waals surface area contributed by atoms with Crippen LogP contribution in [0.2, 0.25) is 0 Å². The largest absolute Gasteiger partial charge is 0.487 e. The summed E-state index contributed by atoms with van der Waals surface area (Å²) in [5.74, 6) is -0.0266. The van der Waals surface area contributed by atoms with Crippen molar-refractivity contribution in [3.05, 3.63) is 59.9 Å². The molecule has 190 valence electrons. The predicted octanol–water partition coefficient (Wildman–Crippen LogP) is 3.34. The molecule has 7 nitrogen and oxygen atoms in total. The number of piperidine rings is 2. The van der Waals surface area contributed by atoms with E-state index in [-0.39, 0.29) is 35.7 Å². The molecule has 35 heavy (non-hydrogen) atoms. The molecule has 2 aliphatic rings. The van der Waals surface area contributed by atoms with E-state index in [1.807, 2.05) is 17.9 Å². The van der Waals surface area contributed by atoms with E-state index in [0.29, 0.717) is 24.9 Å². The summed E-state index contributed by atoms with van der Waals surface area (Å²) >= 11 is 0. The van der Waals surface area contributed by atoms with Gasteiger partial charge in [0.05, 0.1) is 4.90 Å². The summed E-state index contributed by atoms with van der Waals surface area (Å²) in [6.07, 6.45) is 3.69. The standard InChI is InChI=1S/C26H34FN3O4S/c1-20-5-4-6-23(19-20)35(32,33)28-14-9-26(31)30-15-10-21(11-16-30)29-17-12-22(13-18-29)34-25-8-3-2-7-24(25)27/h2-8,19,21-22,28H,9-18H2,1H3. The Hall–Kier alpha value is -2.49. The van der Waals surface area contributed by atoms with Crippen molar-refractivity contribution in [1.82, 2.24) is 14.5 Å². The van der Waals surface area contributed by atoms with Gasteiger partial charge in [0.25, 0.3) is 0 Å². The van der Waals surface area contributed by atoms with Crippen LogP contribution in [-0.2, 0) is 14.8 Å². The second-order valence-electron chi connectivity index (χ2n) is 9.36. The van der Waals surface area contributed by atoms with Crippen molar-refractivity contribution < 1.29 is 22.3 Å². The van der Waals surface area contributed by atoms with Gasteiger partial charge in [0, 0.05) is 45.2 Å². The molecule has 0 bridgehead atoms. The highest BCUT2D eigenvalue weighted by Gasteiger charge is 2.30. The number of likely N-dealkylation sites (tertiary alicyclic amines) is 2. The molecule has 2 aliphatic heterocycles. The number of carbonyl (C=O) groups is 1. The summed E-state index contributed by atoms with van der Waals surface area (Å²) < 4.78 is 47.1. The number of hydrogen-bond donors (Lipinski definition) is 1. The van der Waals surface area contributed by atoms with Gasteiger partial charge in [0.2, 0.25) is 15.9 Å². The summed E-state index contributed by atoms with van der Waals surface area (Å²) in [5, 5.41) is 0. The van der Waals surface area contributed by atoms with E-state index in [1.54, 1.807) is 36.4 Å². The van der Waals surface area contributed by atoms with Gasteiger partial charge in [-0.3, -0.25) is 9.69 Å². The lowest BCUT2D eigenvalue weighted by Crippen LogP contribution is -2.50. The molecule has 0 aliphatic carbocycles. The van der Waals surface area contributed by atoms with E-state index < -0.39 is 10.0 Å². The van der Waals surface area contributed by atoms with Crippen molar-refractivity contribution in [2.75, 3.05) is 32.7 Å². The number of aryl methyl sites for hydroxylation is 1. The van der Waals surface area contributed by atoms with E-state index in [2.05, 4.69) is 9.62 Å². The lowest BCUT2D eigenvalue weighted by molar-refractivity contribution is -0.132. The minimum Gasteiger partial charge on any atom is -0.487 e. The number of halogens is 1. The molecule has 0 saturated carbocycles. The molecular weight excluding hydrogens is 469 g/mol. The molecule has 2 heterocycles. The summed E-state index contributed by atoms with van der Waals surface area (Å²) in [6.45, 7) is 5.09. The highest BCUT2D eigenvalue weighted by Crippen LogP contribution is 2.25. The van der Waals surface area contributed by atoms with E-state index in [1.165, 1.54) is 6.07 Å². The third-order valence-corrected chi connectivity index (χ3v) is 8.33. The van der Waals surface area contributed by atoms with Crippen molar-refractivity contribution in [3.63, 3.8) is 0 Å². The number of amides is 1. The minimum atomic E-state index is -3.62. The van der Waals surface area contributed by atoms with Crippen LogP contribution in [-0.4, -0.2) is 69.0 Å². The number of sulfonamides is 1. The SMILES string of the molecule is Cc1cccc(S(=O)(=O)NCCC(=O)N2CCC(N3CCC(Oc4ccccc4F)CC3)CC2)c1. The Bertz CT molecular complexity index is 1110. The number of rotatable bonds is 8. The van der Waals surface area contributed by atoms with Crippen LogP contribution in [0.1, 0.15) is 37.7 Å². The van der Waals surface area contributed by atoms with Gasteiger partial charge in [0.15, 0.2) is 11.6 Å². The second-order valence-corrected chi connectivity index (χ2v) is 11.1. The molecule has 0 radical (unpaired) electrons. The summed E-state index contributed by atoms with van der Waals surface area (Å²) in [4.78, 5) is 17.1. The maximum absolute atomic E-state index is 13.8. The predicted molar refractivity (Wildman–Crippen MR) is 132 cm³/mol. The average Bonchev–Trinajstić information content (AvgIpc) is 2.86. The van der Waals surface area contributed by atoms with Crippen LogP contribution < -0.4 is 9.46 Å². The molecule has 0 atom stereocenters. The Morgan fingerprint density at radius 2 is 1.74 bits per heavy atom. The van der Waals surface area contributed by atoms with Crippen molar-refractivity contribution in [1.29, 1.82) is 0 Å². The molecule has 2 fully saturated rings. The fourth-order valence-electron chi connectivity index (χ4n) is 4.88. The monoisotopic (exact) mass is 503 g/mol. The number of ether oxygens (including phenoxy) is 1. The number of hydrogen-bond acceptors (Lipinski definition) is 5. The van der Waals surface area contributed by atoms with Crippen molar-refractivity contribution in [3.8, 4) is 5.75 Å². The number of benzene rings is 2. The van der Waals surface area contributed by atoms with Crippen LogP contribution in [0.5, 0.6) is 5.75 Å². The highest BCUT2D eigenvalue weighted by molar-refractivity contribution is 7.89. The van der Waals surface area contributed by atoms with Crippen LogP contribution in [0, 0.1) is 12.7 Å². The average molecular weight is 504 g/mol. The molecule has 0 unspecified atom stereocenters. The smallest absolute Gasteiger partial charge is 0.240 e. The fraction of sp³-hybridized carbons (Fsp3) is 0.500. The van der Waals surface area contributed by atoms with E-state index in [0.717, 1.165) is 44.3 Å². The molecule has 0 spiro atoms. The Labute approximate surface area is 207 Å². The number of carbonyl (C=O) groups excluding carboxylic acids is 1. The van der Waals surface area contributed by atoms with Gasteiger partial charge in [0.1, 0.15) is 6.10 Å². The quantitative estimate of drug-likeness (QED) is 0.598. The molecule has 0 aromatic heterocycles. The van der Waals surface area contributed by atoms with Gasteiger partial charge in [-0.25, -0.2) is 17.5 Å². The summed E-state index contributed by atoms with van der Waals surface area (Å²) in [6, 6.07) is 13.7. The maximum atomic E-state index is 13.8. The van der Waals surface area contributed by atoms with Crippen LogP contribution >= 0.6 is 0 Å². The number of nitrogens with zero attached hydrogens (tertiary/aromatic N) is 2. The minimum absolute atomic E-state index is 0.0209. The third kappa shape index (κ3) is 6.80. The summed E-state index contributed by atoms with van der Waals surface area (Å²) in [7, 11) is -3.62. The number of nitrogens with one attached hydrogen (secondary N) is 1. The van der Waals surface area contributed by atoms with Gasteiger partial charge >= 0.3 is 0 Å². The Kier molecular flexibility index (Phi) is 8.41. The van der Waals surface area contributed by atoms with Gasteiger partial charge in [-0.1, -0.05) is 24.3 Å². The van der Waals surface area contributed by atoms with Crippen molar-refractivity contribution in [2.45, 2.75) is 56.1 Å². The van der Waals surface area contributed by atoms with Crippen LogP contribution in [0.4, 0.5) is 4.39 Å². The van der Waals surface area contributed by atoms with E-state index in [4.69, 9.17) is 4.74 Å². The van der Waals surface area contributed by atoms with Crippen LogP contribution in [0.25, 0.3) is 0 Å². The first-order chi connectivity index (χ1) is 16.8. The van der Waals surface area contributed by atoms with E-state index in [9.17, 15) is 17.6 Å². The second kappa shape index (κ2) is 11.5. The number of para-hydroxylation sites is 1. The van der Waals surface area contributed by atoms with Gasteiger partial charge in [-0.05, 0) is 62.4 Å². The molecule has 2 saturated heterocycles. The topological polar surface area (TPSA) is 79.0 Å². The Morgan fingerprint density at radius 1 is 1.03 bits per heavy atom. The van der Waals surface area contributed by atoms with Crippen molar-refractivity contribution in [2.24, 2.45) is 0 Å². The van der Waals surface area contributed by atoms with Crippen LogP contribution in [0.15, 0.2) is 53.4 Å². The lowest BCUT2D eigenvalue weighted by Gasteiger charge is -2.41. The zero-order valence-corrected chi connectivity index (χ0v) is 21.0. The van der Waals surface area contributed by atoms with Gasteiger partial charge in [-0.15, -0.1) is 0 Å². The highest BCUT2D eigenvalue weighted by atomic mass is 32.2. The first kappa shape index (κ1) is 25.6. The first-order valence-corrected chi connectivity index (χ1v) is 13.8. The molecule has 2 aromatic rings. The summed E-state index contributed by atoms with van der Waals surface area (Å²) in [5.41, 5.74) is 0.869. The molecule has 1 N–H and O–H groups in total. The first-order valence-electron chi connectivity index (χ1n) is 12.3. The fourth-order valence-corrected chi connectivity index (χ4v) is 6.01. The lowest BCUT2D eigenvalue weighted by atomic mass is 9.98. The molecular formula is C26H34FN3O4S. The zero-order chi connectivity index (χ0) is 24.8. The molecule has 4 rings (SSSR count). The molecule has 1 amide bonds. The normalized spacial score (nSPS) is 18.5. The van der Waals surface area contributed by atoms with Gasteiger partial charge in [-0.2, -0.15) is 0 Å². The van der Waals surface area contributed by atoms with Crippen molar-refractivity contribution >= 4 is 15.9 Å². The van der Waals surface area contributed by atoms with Crippen LogP contribution in [0.3, 0.4) is 0 Å².